The standard InChI is InChI=1S/C12H26O3Si/c16-9-5-4-7-13-6-2-1-3-8-14-10-12-11-15-12/h12H,1-11H2,16H3. The topological polar surface area (TPSA) is 31.0 Å². The maximum Gasteiger partial charge on any atom is 0.104 e. The third kappa shape index (κ3) is 9.33. The van der Waals surface area contributed by atoms with Crippen LogP contribution in [0.25, 0.3) is 0 Å². The van der Waals surface area contributed by atoms with Crippen molar-refractivity contribution in [1.29, 1.82) is 0 Å². The molecule has 0 bridgehead atoms. The molecule has 0 N–H and O–H groups in total. The quantitative estimate of drug-likeness (QED) is 0.294. The lowest BCUT2D eigenvalue weighted by Crippen LogP contribution is -2.03. The van der Waals surface area contributed by atoms with Gasteiger partial charge in [0.1, 0.15) is 6.10 Å². The summed E-state index contributed by atoms with van der Waals surface area (Å²) in [4.78, 5) is 0. The van der Waals surface area contributed by atoms with Crippen LogP contribution in [0.1, 0.15) is 32.1 Å². The Morgan fingerprint density at radius 1 is 0.938 bits per heavy atom. The molecule has 1 saturated heterocycles. The second kappa shape index (κ2) is 10.3. The predicted molar refractivity (Wildman–Crippen MR) is 69.2 cm³/mol. The highest BCUT2D eigenvalue weighted by Gasteiger charge is 2.21. The van der Waals surface area contributed by atoms with Gasteiger partial charge < -0.3 is 14.2 Å². The molecule has 1 heterocycles. The second-order valence-corrected chi connectivity index (χ2v) is 5.41. The fourth-order valence-electron chi connectivity index (χ4n) is 1.52. The minimum absolute atomic E-state index is 0.407. The summed E-state index contributed by atoms with van der Waals surface area (Å²) in [5.41, 5.74) is 0. The molecule has 0 aliphatic carbocycles. The SMILES string of the molecule is [SiH3]CCCCOCCCCCOCC1CO1. The first-order valence-corrected chi connectivity index (χ1v) is 8.12. The number of ether oxygens (including phenoxy) is 3. The lowest BCUT2D eigenvalue weighted by Gasteiger charge is -2.04. The maximum atomic E-state index is 5.55. The van der Waals surface area contributed by atoms with Crippen molar-refractivity contribution in [3.8, 4) is 0 Å². The molecule has 0 aromatic carbocycles. The summed E-state index contributed by atoms with van der Waals surface area (Å²) in [6, 6.07) is 1.41. The molecule has 1 atom stereocenters. The Morgan fingerprint density at radius 3 is 2.19 bits per heavy atom. The Morgan fingerprint density at radius 2 is 1.56 bits per heavy atom. The Hall–Kier alpha value is 0.0969. The molecule has 1 aliphatic rings. The number of epoxide rings is 1. The van der Waals surface area contributed by atoms with E-state index < -0.39 is 0 Å². The Balaban J connectivity index is 1.61. The number of hydrogen-bond donors (Lipinski definition) is 0. The molecule has 1 unspecified atom stereocenters. The van der Waals surface area contributed by atoms with Gasteiger partial charge in [-0.15, -0.1) is 0 Å². The summed E-state index contributed by atoms with van der Waals surface area (Å²) in [5, 5.41) is 0. The van der Waals surface area contributed by atoms with E-state index in [2.05, 4.69) is 0 Å². The van der Waals surface area contributed by atoms with Crippen LogP contribution in [-0.2, 0) is 14.2 Å². The van der Waals surface area contributed by atoms with Gasteiger partial charge in [0.25, 0.3) is 0 Å². The van der Waals surface area contributed by atoms with E-state index in [9.17, 15) is 0 Å². The summed E-state index contributed by atoms with van der Waals surface area (Å²) in [6.07, 6.45) is 6.54. The van der Waals surface area contributed by atoms with Crippen LogP contribution in [0.3, 0.4) is 0 Å². The zero-order valence-corrected chi connectivity index (χ0v) is 12.6. The van der Waals surface area contributed by atoms with E-state index >= 15 is 0 Å². The monoisotopic (exact) mass is 246 g/mol. The van der Waals surface area contributed by atoms with E-state index in [4.69, 9.17) is 14.2 Å². The molecule has 0 aromatic rings. The molecule has 3 nitrogen and oxygen atoms in total. The number of hydrogen-bond acceptors (Lipinski definition) is 3. The fraction of sp³-hybridized carbons (Fsp3) is 1.00. The summed E-state index contributed by atoms with van der Waals surface area (Å²) >= 11 is 0. The van der Waals surface area contributed by atoms with Gasteiger partial charge in [-0.25, -0.2) is 0 Å². The van der Waals surface area contributed by atoms with E-state index in [-0.39, 0.29) is 0 Å². The van der Waals surface area contributed by atoms with E-state index in [0.29, 0.717) is 6.10 Å². The Kier molecular flexibility index (Phi) is 9.08. The van der Waals surface area contributed by atoms with E-state index in [1.807, 2.05) is 0 Å². The first-order valence-electron chi connectivity index (χ1n) is 6.70. The van der Waals surface area contributed by atoms with Crippen molar-refractivity contribution < 1.29 is 14.2 Å². The van der Waals surface area contributed by atoms with Crippen molar-refractivity contribution >= 4 is 10.2 Å². The van der Waals surface area contributed by atoms with Crippen molar-refractivity contribution in [3.05, 3.63) is 0 Å². The van der Waals surface area contributed by atoms with E-state index in [1.54, 1.807) is 0 Å². The van der Waals surface area contributed by atoms with Gasteiger partial charge in [0.15, 0.2) is 0 Å². The minimum atomic E-state index is 0.407. The first kappa shape index (κ1) is 14.2. The lowest BCUT2D eigenvalue weighted by molar-refractivity contribution is 0.104. The van der Waals surface area contributed by atoms with Gasteiger partial charge in [-0.05, 0) is 25.7 Å². The van der Waals surface area contributed by atoms with Crippen LogP contribution in [-0.4, -0.2) is 49.4 Å². The Bertz CT molecular complexity index is 151. The van der Waals surface area contributed by atoms with Crippen LogP contribution in [0.15, 0.2) is 0 Å². The highest BCUT2D eigenvalue weighted by molar-refractivity contribution is 6.08. The molecule has 16 heavy (non-hydrogen) atoms. The molecule has 0 saturated carbocycles. The molecular weight excluding hydrogens is 220 g/mol. The summed E-state index contributed by atoms with van der Waals surface area (Å²) in [7, 11) is 1.33. The molecule has 0 radical (unpaired) electrons. The van der Waals surface area contributed by atoms with Gasteiger partial charge >= 0.3 is 0 Å². The molecule has 1 fully saturated rings. The van der Waals surface area contributed by atoms with E-state index in [0.717, 1.165) is 39.5 Å². The van der Waals surface area contributed by atoms with Crippen LogP contribution in [0.5, 0.6) is 0 Å². The Labute approximate surface area is 102 Å². The molecule has 0 amide bonds. The van der Waals surface area contributed by atoms with Crippen molar-refractivity contribution in [2.75, 3.05) is 33.0 Å². The van der Waals surface area contributed by atoms with Crippen molar-refractivity contribution in [3.63, 3.8) is 0 Å². The van der Waals surface area contributed by atoms with E-state index in [1.165, 1.54) is 42.0 Å². The molecule has 1 rings (SSSR count). The highest BCUT2D eigenvalue weighted by atomic mass is 28.1. The van der Waals surface area contributed by atoms with Crippen LogP contribution in [0.2, 0.25) is 6.04 Å². The minimum Gasteiger partial charge on any atom is -0.381 e. The number of rotatable bonds is 12. The predicted octanol–water partition coefficient (Wildman–Crippen LogP) is 1.15. The summed E-state index contributed by atoms with van der Waals surface area (Å²) in [6.45, 7) is 4.44. The fourth-order valence-corrected chi connectivity index (χ4v) is 2.02. The maximum absolute atomic E-state index is 5.55. The zero-order chi connectivity index (χ0) is 11.5. The van der Waals surface area contributed by atoms with Crippen LogP contribution >= 0.6 is 0 Å². The van der Waals surface area contributed by atoms with Crippen LogP contribution in [0, 0.1) is 0 Å². The third-order valence-electron chi connectivity index (χ3n) is 2.68. The second-order valence-electron chi connectivity index (χ2n) is 4.41. The van der Waals surface area contributed by atoms with Gasteiger partial charge in [-0.2, -0.15) is 0 Å². The summed E-state index contributed by atoms with van der Waals surface area (Å²) in [5.74, 6) is 0. The van der Waals surface area contributed by atoms with Gasteiger partial charge in [0.05, 0.1) is 13.2 Å². The first-order chi connectivity index (χ1) is 7.93. The van der Waals surface area contributed by atoms with Gasteiger partial charge in [-0.3, -0.25) is 0 Å². The van der Waals surface area contributed by atoms with Crippen LogP contribution in [0.4, 0.5) is 0 Å². The third-order valence-corrected chi connectivity index (χ3v) is 3.38. The lowest BCUT2D eigenvalue weighted by atomic mass is 10.2. The summed E-state index contributed by atoms with van der Waals surface area (Å²) < 4.78 is 16.1. The average Bonchev–Trinajstić information content (AvgIpc) is 3.10. The molecule has 96 valence electrons. The molecular formula is C12H26O3Si. The molecule has 0 spiro atoms. The van der Waals surface area contributed by atoms with Gasteiger partial charge in [0.2, 0.25) is 0 Å². The molecule has 0 aromatic heterocycles. The largest absolute Gasteiger partial charge is 0.381 e. The normalized spacial score (nSPS) is 19.1. The van der Waals surface area contributed by atoms with Crippen molar-refractivity contribution in [1.82, 2.24) is 0 Å². The van der Waals surface area contributed by atoms with Crippen molar-refractivity contribution in [2.45, 2.75) is 44.3 Å². The molecule has 4 heteroatoms. The highest BCUT2D eigenvalue weighted by Crippen LogP contribution is 2.08. The van der Waals surface area contributed by atoms with Crippen LogP contribution < -0.4 is 0 Å². The molecule has 1 aliphatic heterocycles. The zero-order valence-electron chi connectivity index (χ0n) is 10.6. The average molecular weight is 246 g/mol. The smallest absolute Gasteiger partial charge is 0.104 e. The van der Waals surface area contributed by atoms with Crippen molar-refractivity contribution in [2.24, 2.45) is 0 Å². The number of unbranched alkanes of at least 4 members (excludes halogenated alkanes) is 3. The van der Waals surface area contributed by atoms with Gasteiger partial charge in [0, 0.05) is 30.1 Å². The van der Waals surface area contributed by atoms with Gasteiger partial charge in [-0.1, -0.05) is 12.5 Å².